The van der Waals surface area contributed by atoms with Crippen molar-refractivity contribution in [2.24, 2.45) is 7.05 Å². The first-order chi connectivity index (χ1) is 12.5. The van der Waals surface area contributed by atoms with Crippen LogP contribution in [0, 0.1) is 6.92 Å². The Morgan fingerprint density at radius 3 is 2.88 bits per heavy atom. The minimum atomic E-state index is -0.110. The van der Waals surface area contributed by atoms with Crippen LogP contribution in [0.15, 0.2) is 41.9 Å². The first kappa shape index (κ1) is 18.5. The van der Waals surface area contributed by atoms with E-state index >= 15 is 0 Å². The molecule has 1 aromatic carbocycles. The number of halogens is 1. The smallest absolute Gasteiger partial charge is 0.261 e. The van der Waals surface area contributed by atoms with Crippen molar-refractivity contribution in [2.45, 2.75) is 26.5 Å². The van der Waals surface area contributed by atoms with Gasteiger partial charge < -0.3 is 10.1 Å². The number of benzene rings is 1. The number of amides is 1. The first-order valence-corrected chi connectivity index (χ1v) is 9.45. The molecule has 0 spiro atoms. The van der Waals surface area contributed by atoms with E-state index in [0.29, 0.717) is 22.3 Å². The fourth-order valence-electron chi connectivity index (χ4n) is 2.58. The van der Waals surface area contributed by atoms with Crippen LogP contribution in [0.3, 0.4) is 0 Å². The third kappa shape index (κ3) is 4.08. The average Bonchev–Trinajstić information content (AvgIpc) is 3.22. The van der Waals surface area contributed by atoms with E-state index in [2.05, 4.69) is 10.4 Å². The Morgan fingerprint density at radius 2 is 2.19 bits per heavy atom. The molecule has 1 atom stereocenters. The number of thiophene rings is 1. The van der Waals surface area contributed by atoms with E-state index in [1.807, 2.05) is 50.5 Å². The molecular weight excluding hydrogens is 370 g/mol. The molecule has 5 nitrogen and oxygen atoms in total. The van der Waals surface area contributed by atoms with Crippen molar-refractivity contribution in [2.75, 3.05) is 0 Å². The number of hydrogen-bond donors (Lipinski definition) is 1. The molecule has 2 heterocycles. The lowest BCUT2D eigenvalue weighted by Gasteiger charge is -2.13. The van der Waals surface area contributed by atoms with E-state index < -0.39 is 0 Å². The Balaban J connectivity index is 1.61. The lowest BCUT2D eigenvalue weighted by atomic mass is 10.1. The number of carbonyl (C=O) groups excluding carboxylic acids is 1. The van der Waals surface area contributed by atoms with Crippen LogP contribution < -0.4 is 10.1 Å². The third-order valence-corrected chi connectivity index (χ3v) is 5.49. The van der Waals surface area contributed by atoms with Gasteiger partial charge in [-0.25, -0.2) is 0 Å². The Labute approximate surface area is 161 Å². The second kappa shape index (κ2) is 7.93. The Hall–Kier alpha value is -2.31. The number of aryl methyl sites for hydroxylation is 1. The fourth-order valence-corrected chi connectivity index (χ4v) is 3.57. The van der Waals surface area contributed by atoms with Gasteiger partial charge in [-0.2, -0.15) is 5.10 Å². The van der Waals surface area contributed by atoms with Crippen LogP contribution in [0.1, 0.15) is 39.5 Å². The third-order valence-electron chi connectivity index (χ3n) is 4.20. The summed E-state index contributed by atoms with van der Waals surface area (Å²) in [6, 6.07) is 9.06. The Kier molecular flexibility index (Phi) is 5.64. The number of ether oxygens (including phenoxy) is 1. The van der Waals surface area contributed by atoms with Gasteiger partial charge in [0, 0.05) is 23.9 Å². The van der Waals surface area contributed by atoms with Gasteiger partial charge in [0.05, 0.1) is 22.1 Å². The predicted octanol–water partition coefficient (Wildman–Crippen LogP) is 4.51. The largest absolute Gasteiger partial charge is 0.487 e. The quantitative estimate of drug-likeness (QED) is 0.674. The Bertz CT molecular complexity index is 919. The maximum atomic E-state index is 12.5. The number of aromatic nitrogens is 2. The summed E-state index contributed by atoms with van der Waals surface area (Å²) in [6.45, 7) is 4.31. The summed E-state index contributed by atoms with van der Waals surface area (Å²) in [5, 5.41) is 9.73. The molecule has 7 heteroatoms. The molecular formula is C19H20ClN3O2S. The number of nitrogens with zero attached hydrogens (tertiary/aromatic N) is 2. The summed E-state index contributed by atoms with van der Waals surface area (Å²) in [5.41, 5.74) is 2.99. The van der Waals surface area contributed by atoms with Gasteiger partial charge in [-0.1, -0.05) is 23.7 Å². The Morgan fingerprint density at radius 1 is 1.42 bits per heavy atom. The van der Waals surface area contributed by atoms with Crippen LogP contribution in [0.2, 0.25) is 5.02 Å². The summed E-state index contributed by atoms with van der Waals surface area (Å²) in [7, 11) is 1.89. The normalized spacial score (nSPS) is 12.0. The van der Waals surface area contributed by atoms with Crippen LogP contribution in [-0.4, -0.2) is 15.7 Å². The molecule has 0 fully saturated rings. The van der Waals surface area contributed by atoms with Crippen molar-refractivity contribution >= 4 is 28.8 Å². The van der Waals surface area contributed by atoms with E-state index in [1.54, 1.807) is 16.9 Å². The highest BCUT2D eigenvalue weighted by molar-refractivity contribution is 7.12. The summed E-state index contributed by atoms with van der Waals surface area (Å²) in [4.78, 5) is 13.1. The SMILES string of the molecule is Cc1c(C(C)NC(=O)c2cc(COc3ccccc3Cl)cs2)cnn1C. The summed E-state index contributed by atoms with van der Waals surface area (Å²) >= 11 is 7.48. The molecule has 1 amide bonds. The van der Waals surface area contributed by atoms with Gasteiger partial charge >= 0.3 is 0 Å². The van der Waals surface area contributed by atoms with Gasteiger partial charge in [0.25, 0.3) is 5.91 Å². The molecule has 26 heavy (non-hydrogen) atoms. The molecule has 0 aliphatic rings. The summed E-state index contributed by atoms with van der Waals surface area (Å²) in [5.74, 6) is 0.529. The van der Waals surface area contributed by atoms with E-state index in [1.165, 1.54) is 11.3 Å². The molecule has 2 aromatic heterocycles. The first-order valence-electron chi connectivity index (χ1n) is 8.20. The minimum Gasteiger partial charge on any atom is -0.487 e. The molecule has 0 bridgehead atoms. The van der Waals surface area contributed by atoms with Crippen LogP contribution in [0.5, 0.6) is 5.75 Å². The number of para-hydroxylation sites is 1. The van der Waals surface area contributed by atoms with Crippen LogP contribution in [-0.2, 0) is 13.7 Å². The van der Waals surface area contributed by atoms with Crippen LogP contribution in [0.25, 0.3) is 0 Å². The molecule has 1 N–H and O–H groups in total. The molecule has 0 aliphatic heterocycles. The van der Waals surface area contributed by atoms with Crippen molar-refractivity contribution in [3.8, 4) is 5.75 Å². The van der Waals surface area contributed by atoms with Crippen LogP contribution in [0.4, 0.5) is 0 Å². The van der Waals surface area contributed by atoms with Gasteiger partial charge in [0.15, 0.2) is 0 Å². The zero-order chi connectivity index (χ0) is 18.7. The van der Waals surface area contributed by atoms with Crippen molar-refractivity contribution in [3.05, 3.63) is 68.6 Å². The maximum absolute atomic E-state index is 12.5. The predicted molar refractivity (Wildman–Crippen MR) is 104 cm³/mol. The average molecular weight is 390 g/mol. The summed E-state index contributed by atoms with van der Waals surface area (Å²) in [6.07, 6.45) is 1.79. The van der Waals surface area contributed by atoms with Crippen molar-refractivity contribution in [3.63, 3.8) is 0 Å². The van der Waals surface area contributed by atoms with Crippen molar-refractivity contribution < 1.29 is 9.53 Å². The van der Waals surface area contributed by atoms with Crippen LogP contribution >= 0.6 is 22.9 Å². The van der Waals surface area contributed by atoms with Gasteiger partial charge in [-0.05, 0) is 37.4 Å². The monoisotopic (exact) mass is 389 g/mol. The molecule has 0 saturated carbocycles. The van der Waals surface area contributed by atoms with Gasteiger partial charge in [0.1, 0.15) is 12.4 Å². The van der Waals surface area contributed by atoms with Crippen molar-refractivity contribution in [1.29, 1.82) is 0 Å². The molecule has 0 saturated heterocycles. The topological polar surface area (TPSA) is 56.1 Å². The van der Waals surface area contributed by atoms with E-state index in [9.17, 15) is 4.79 Å². The second-order valence-electron chi connectivity index (χ2n) is 6.04. The standard InChI is InChI=1S/C19H20ClN3O2S/c1-12(15-9-21-23(3)13(15)2)22-19(24)18-8-14(11-26-18)10-25-17-7-5-4-6-16(17)20/h4-9,11-12H,10H2,1-3H3,(H,22,24). The fraction of sp³-hybridized carbons (Fsp3) is 0.263. The van der Waals surface area contributed by atoms with E-state index in [-0.39, 0.29) is 11.9 Å². The van der Waals surface area contributed by atoms with Gasteiger partial charge in [-0.3, -0.25) is 9.48 Å². The second-order valence-corrected chi connectivity index (χ2v) is 7.36. The lowest BCUT2D eigenvalue weighted by molar-refractivity contribution is 0.0944. The highest BCUT2D eigenvalue weighted by Crippen LogP contribution is 2.25. The zero-order valence-corrected chi connectivity index (χ0v) is 16.4. The van der Waals surface area contributed by atoms with Gasteiger partial charge in [-0.15, -0.1) is 11.3 Å². The highest BCUT2D eigenvalue weighted by atomic mass is 35.5. The van der Waals surface area contributed by atoms with E-state index in [0.717, 1.165) is 16.8 Å². The summed E-state index contributed by atoms with van der Waals surface area (Å²) < 4.78 is 7.52. The molecule has 136 valence electrons. The lowest BCUT2D eigenvalue weighted by Crippen LogP contribution is -2.26. The zero-order valence-electron chi connectivity index (χ0n) is 14.8. The van der Waals surface area contributed by atoms with Gasteiger partial charge in [0.2, 0.25) is 0 Å². The molecule has 0 radical (unpaired) electrons. The number of nitrogens with one attached hydrogen (secondary N) is 1. The maximum Gasteiger partial charge on any atom is 0.261 e. The number of rotatable bonds is 6. The van der Waals surface area contributed by atoms with E-state index in [4.69, 9.17) is 16.3 Å². The number of hydrogen-bond acceptors (Lipinski definition) is 4. The minimum absolute atomic E-state index is 0.102. The molecule has 0 aliphatic carbocycles. The number of carbonyl (C=O) groups is 1. The molecule has 1 unspecified atom stereocenters. The van der Waals surface area contributed by atoms with Crippen molar-refractivity contribution in [1.82, 2.24) is 15.1 Å². The highest BCUT2D eigenvalue weighted by Gasteiger charge is 2.17. The molecule has 3 aromatic rings. The molecule has 3 rings (SSSR count).